The lowest BCUT2D eigenvalue weighted by Crippen LogP contribution is -2.18. The largest absolute Gasteiger partial charge is 0.490 e. The number of esters is 1. The van der Waals surface area contributed by atoms with E-state index in [1.54, 1.807) is 20.2 Å². The molecule has 0 aliphatic heterocycles. The van der Waals surface area contributed by atoms with Gasteiger partial charge in [-0.1, -0.05) is 12.1 Å². The topological polar surface area (TPSA) is 90.7 Å². The third-order valence-electron chi connectivity index (χ3n) is 4.61. The summed E-state index contributed by atoms with van der Waals surface area (Å²) >= 11 is 0. The summed E-state index contributed by atoms with van der Waals surface area (Å²) in [6.07, 6.45) is 3.78. The van der Waals surface area contributed by atoms with E-state index in [1.807, 2.05) is 24.3 Å². The van der Waals surface area contributed by atoms with E-state index < -0.39 is 5.97 Å². The zero-order valence-corrected chi connectivity index (χ0v) is 14.8. The van der Waals surface area contributed by atoms with Crippen molar-refractivity contribution in [3.05, 3.63) is 36.2 Å². The number of carboxylic acids is 1. The first-order valence-electron chi connectivity index (χ1n) is 8.68. The van der Waals surface area contributed by atoms with Gasteiger partial charge in [0.05, 0.1) is 24.8 Å². The molecule has 2 aromatic rings. The fourth-order valence-corrected chi connectivity index (χ4v) is 3.33. The number of aryl methyl sites for hydroxylation is 1. The maximum absolute atomic E-state index is 11.8. The Labute approximate surface area is 151 Å². The molecule has 0 saturated heterocycles. The molecular formula is C19H22N2O5. The molecule has 0 radical (unpaired) electrons. The number of aromatic carboxylic acids is 1. The van der Waals surface area contributed by atoms with Crippen molar-refractivity contribution in [1.82, 2.24) is 9.78 Å². The summed E-state index contributed by atoms with van der Waals surface area (Å²) in [6.45, 7) is 2.20. The van der Waals surface area contributed by atoms with Gasteiger partial charge in [0, 0.05) is 12.6 Å². The minimum atomic E-state index is -1.02. The van der Waals surface area contributed by atoms with Gasteiger partial charge in [-0.25, -0.2) is 4.79 Å². The number of ether oxygens (including phenoxy) is 2. The minimum Gasteiger partial charge on any atom is -0.490 e. The Balaban J connectivity index is 1.66. The lowest BCUT2D eigenvalue weighted by molar-refractivity contribution is -0.147. The first-order chi connectivity index (χ1) is 12.5. The van der Waals surface area contributed by atoms with Crippen LogP contribution >= 0.6 is 0 Å². The monoisotopic (exact) mass is 358 g/mol. The maximum Gasteiger partial charge on any atom is 0.354 e. The van der Waals surface area contributed by atoms with Crippen molar-refractivity contribution in [3.63, 3.8) is 0 Å². The Bertz CT molecular complexity index is 797. The van der Waals surface area contributed by atoms with Crippen LogP contribution in [0.25, 0.3) is 11.1 Å². The van der Waals surface area contributed by atoms with E-state index in [9.17, 15) is 14.7 Å². The van der Waals surface area contributed by atoms with Crippen molar-refractivity contribution in [2.75, 3.05) is 6.61 Å². The molecule has 3 rings (SSSR count). The number of nitrogens with zero attached hydrogens (tertiary/aromatic N) is 2. The Hall–Kier alpha value is -2.83. The highest BCUT2D eigenvalue weighted by molar-refractivity contribution is 5.94. The van der Waals surface area contributed by atoms with Crippen LogP contribution in [0, 0.1) is 5.92 Å². The number of hydrogen-bond acceptors (Lipinski definition) is 5. The molecule has 0 amide bonds. The molecule has 1 aliphatic rings. The third kappa shape index (κ3) is 3.71. The molecule has 138 valence electrons. The average Bonchev–Trinajstić information content (AvgIpc) is 3.22. The number of carboxylic acid groups (broad SMARTS) is 1. The molecule has 0 bridgehead atoms. The Morgan fingerprint density at radius 3 is 2.65 bits per heavy atom. The van der Waals surface area contributed by atoms with Crippen molar-refractivity contribution in [1.29, 1.82) is 0 Å². The quantitative estimate of drug-likeness (QED) is 0.799. The number of carbonyl (C=O) groups excluding carboxylic acids is 1. The number of benzene rings is 1. The second-order valence-electron chi connectivity index (χ2n) is 6.36. The van der Waals surface area contributed by atoms with Gasteiger partial charge >= 0.3 is 11.9 Å². The van der Waals surface area contributed by atoms with Gasteiger partial charge in [0.2, 0.25) is 0 Å². The number of rotatable bonds is 6. The minimum absolute atomic E-state index is 0.0109. The lowest BCUT2D eigenvalue weighted by Gasteiger charge is -2.14. The van der Waals surface area contributed by atoms with E-state index in [2.05, 4.69) is 5.10 Å². The van der Waals surface area contributed by atoms with E-state index in [-0.39, 0.29) is 23.7 Å². The molecule has 1 aromatic carbocycles. The van der Waals surface area contributed by atoms with Crippen molar-refractivity contribution in [2.45, 2.75) is 32.3 Å². The first kappa shape index (κ1) is 18.0. The van der Waals surface area contributed by atoms with Crippen molar-refractivity contribution >= 4 is 11.9 Å². The summed E-state index contributed by atoms with van der Waals surface area (Å²) < 4.78 is 12.4. The van der Waals surface area contributed by atoms with Gasteiger partial charge in [0.1, 0.15) is 5.75 Å². The SMILES string of the molecule is CCOC(=O)[C@@H]1CC[C@@H](Oc2ccc(-c3cnn(C)c3C(=O)O)cc2)C1. The highest BCUT2D eigenvalue weighted by Gasteiger charge is 2.32. The molecule has 1 saturated carbocycles. The van der Waals surface area contributed by atoms with Gasteiger partial charge in [-0.05, 0) is 43.9 Å². The Morgan fingerprint density at radius 2 is 2.00 bits per heavy atom. The standard InChI is InChI=1S/C19H22N2O5/c1-3-25-19(24)13-6-9-15(10-13)26-14-7-4-12(5-8-14)16-11-20-21(2)17(16)18(22)23/h4-5,7-8,11,13,15H,3,6,9-10H2,1-2H3,(H,22,23)/t13-,15-/m1/s1. The van der Waals surface area contributed by atoms with Crippen LogP contribution in [0.4, 0.5) is 0 Å². The maximum atomic E-state index is 11.8. The molecule has 1 heterocycles. The summed E-state index contributed by atoms with van der Waals surface area (Å²) in [7, 11) is 1.60. The van der Waals surface area contributed by atoms with Crippen LogP contribution in [0.5, 0.6) is 5.75 Å². The van der Waals surface area contributed by atoms with E-state index >= 15 is 0 Å². The predicted molar refractivity (Wildman–Crippen MR) is 94.0 cm³/mol. The number of aromatic nitrogens is 2. The van der Waals surface area contributed by atoms with Gasteiger partial charge in [-0.2, -0.15) is 5.10 Å². The molecule has 7 nitrogen and oxygen atoms in total. The van der Waals surface area contributed by atoms with E-state index in [0.717, 1.165) is 18.4 Å². The van der Waals surface area contributed by atoms with E-state index in [1.165, 1.54) is 4.68 Å². The predicted octanol–water partition coefficient (Wildman–Crippen LogP) is 2.90. The molecule has 2 atom stereocenters. The van der Waals surface area contributed by atoms with Gasteiger partial charge in [0.25, 0.3) is 0 Å². The molecular weight excluding hydrogens is 336 g/mol. The van der Waals surface area contributed by atoms with Gasteiger partial charge in [-0.15, -0.1) is 0 Å². The molecule has 1 aliphatic carbocycles. The third-order valence-corrected chi connectivity index (χ3v) is 4.61. The fraction of sp³-hybridized carbons (Fsp3) is 0.421. The Morgan fingerprint density at radius 1 is 1.27 bits per heavy atom. The smallest absolute Gasteiger partial charge is 0.354 e. The zero-order valence-electron chi connectivity index (χ0n) is 14.8. The molecule has 7 heteroatoms. The van der Waals surface area contributed by atoms with E-state index in [4.69, 9.17) is 9.47 Å². The Kier molecular flexibility index (Phi) is 5.25. The van der Waals surface area contributed by atoms with Crippen LogP contribution in [0.2, 0.25) is 0 Å². The van der Waals surface area contributed by atoms with Gasteiger partial charge in [-0.3, -0.25) is 9.48 Å². The average molecular weight is 358 g/mol. The van der Waals surface area contributed by atoms with Gasteiger partial charge in [0.15, 0.2) is 5.69 Å². The summed E-state index contributed by atoms with van der Waals surface area (Å²) in [5.41, 5.74) is 1.47. The summed E-state index contributed by atoms with van der Waals surface area (Å²) in [4.78, 5) is 23.2. The second kappa shape index (κ2) is 7.59. The highest BCUT2D eigenvalue weighted by atomic mass is 16.5. The molecule has 0 unspecified atom stereocenters. The first-order valence-corrected chi connectivity index (χ1v) is 8.68. The highest BCUT2D eigenvalue weighted by Crippen LogP contribution is 2.31. The molecule has 1 N–H and O–H groups in total. The van der Waals surface area contributed by atoms with Crippen LogP contribution < -0.4 is 4.74 Å². The fourth-order valence-electron chi connectivity index (χ4n) is 3.33. The molecule has 1 aromatic heterocycles. The van der Waals surface area contributed by atoms with Crippen molar-refractivity contribution in [3.8, 4) is 16.9 Å². The van der Waals surface area contributed by atoms with Crippen molar-refractivity contribution < 1.29 is 24.2 Å². The molecule has 1 fully saturated rings. The van der Waals surface area contributed by atoms with Crippen LogP contribution in [0.1, 0.15) is 36.7 Å². The summed E-state index contributed by atoms with van der Waals surface area (Å²) in [6, 6.07) is 7.25. The second-order valence-corrected chi connectivity index (χ2v) is 6.36. The number of carbonyl (C=O) groups is 2. The van der Waals surface area contributed by atoms with E-state index in [0.29, 0.717) is 24.3 Å². The van der Waals surface area contributed by atoms with Crippen LogP contribution in [-0.2, 0) is 16.6 Å². The number of hydrogen-bond donors (Lipinski definition) is 1. The van der Waals surface area contributed by atoms with Crippen LogP contribution in [-0.4, -0.2) is 39.5 Å². The summed E-state index contributed by atoms with van der Waals surface area (Å²) in [5, 5.41) is 13.3. The lowest BCUT2D eigenvalue weighted by atomic mass is 10.1. The normalized spacial score (nSPS) is 19.3. The summed E-state index contributed by atoms with van der Waals surface area (Å²) in [5.74, 6) is -0.556. The van der Waals surface area contributed by atoms with Gasteiger partial charge < -0.3 is 14.6 Å². The zero-order chi connectivity index (χ0) is 18.7. The van der Waals surface area contributed by atoms with Crippen molar-refractivity contribution in [2.24, 2.45) is 13.0 Å². The molecule has 26 heavy (non-hydrogen) atoms. The molecule has 0 spiro atoms. The van der Waals surface area contributed by atoms with Crippen LogP contribution in [0.3, 0.4) is 0 Å². The van der Waals surface area contributed by atoms with Crippen LogP contribution in [0.15, 0.2) is 30.5 Å².